The summed E-state index contributed by atoms with van der Waals surface area (Å²) < 4.78 is 5.95. The summed E-state index contributed by atoms with van der Waals surface area (Å²) in [6, 6.07) is 19.3. The summed E-state index contributed by atoms with van der Waals surface area (Å²) in [5.74, 6) is 1.83. The number of hydrogen-bond acceptors (Lipinski definition) is 3. The highest BCUT2D eigenvalue weighted by molar-refractivity contribution is 6.05. The lowest BCUT2D eigenvalue weighted by atomic mass is 10.0. The Morgan fingerprint density at radius 3 is 2.45 bits per heavy atom. The Balaban J connectivity index is 1.66. The van der Waals surface area contributed by atoms with E-state index in [2.05, 4.69) is 43.2 Å². The fourth-order valence-corrected chi connectivity index (χ4v) is 3.13. The van der Waals surface area contributed by atoms with Crippen LogP contribution < -0.4 is 10.1 Å². The second-order valence-electron chi connectivity index (χ2n) is 7.49. The van der Waals surface area contributed by atoms with Crippen LogP contribution in [-0.4, -0.2) is 10.9 Å². The molecule has 0 saturated heterocycles. The van der Waals surface area contributed by atoms with Gasteiger partial charge in [0.1, 0.15) is 11.5 Å². The lowest BCUT2D eigenvalue weighted by Crippen LogP contribution is -2.14. The van der Waals surface area contributed by atoms with Crippen molar-refractivity contribution in [3.8, 4) is 11.5 Å². The number of aromatic nitrogens is 1. The summed E-state index contributed by atoms with van der Waals surface area (Å²) >= 11 is 0. The number of pyridine rings is 1. The minimum atomic E-state index is -0.156. The number of carbonyl (C=O) groups excluding carboxylic acids is 1. The van der Waals surface area contributed by atoms with E-state index in [1.807, 2.05) is 55.5 Å². The molecule has 4 heteroatoms. The van der Waals surface area contributed by atoms with E-state index in [4.69, 9.17) is 4.74 Å². The molecule has 3 rings (SSSR count). The first kappa shape index (κ1) is 20.6. The number of benzene rings is 2. The summed E-state index contributed by atoms with van der Waals surface area (Å²) in [6.07, 6.45) is 1.96. The third-order valence-electron chi connectivity index (χ3n) is 4.77. The number of carbonyl (C=O) groups is 1. The van der Waals surface area contributed by atoms with Gasteiger partial charge in [-0.2, -0.15) is 0 Å². The Morgan fingerprint density at radius 1 is 1.03 bits per heavy atom. The van der Waals surface area contributed by atoms with Gasteiger partial charge in [0.15, 0.2) is 0 Å². The van der Waals surface area contributed by atoms with Crippen LogP contribution in [0, 0.1) is 6.92 Å². The highest BCUT2D eigenvalue weighted by atomic mass is 16.5. The molecule has 3 aromatic rings. The van der Waals surface area contributed by atoms with Crippen molar-refractivity contribution < 1.29 is 9.53 Å². The second kappa shape index (κ2) is 9.37. The van der Waals surface area contributed by atoms with Gasteiger partial charge in [-0.05, 0) is 73.4 Å². The van der Waals surface area contributed by atoms with Gasteiger partial charge in [0.05, 0.1) is 11.3 Å². The standard InChI is InChI=1S/C25H28N2O2/c1-5-7-20-12-15-24(18(4)26-20)25(28)27-21-10-13-22(14-11-21)29-23-9-6-8-19(16-23)17(2)3/h6,8-17H,5,7H2,1-4H3,(H,27,28). The van der Waals surface area contributed by atoms with Crippen molar-refractivity contribution in [2.75, 3.05) is 5.32 Å². The fraction of sp³-hybridized carbons (Fsp3) is 0.280. The summed E-state index contributed by atoms with van der Waals surface area (Å²) in [5.41, 5.74) is 4.31. The Morgan fingerprint density at radius 2 is 1.79 bits per heavy atom. The zero-order valence-corrected chi connectivity index (χ0v) is 17.5. The van der Waals surface area contributed by atoms with Crippen molar-refractivity contribution in [3.05, 3.63) is 83.2 Å². The van der Waals surface area contributed by atoms with E-state index < -0.39 is 0 Å². The van der Waals surface area contributed by atoms with Crippen LogP contribution in [0.1, 0.15) is 60.4 Å². The quantitative estimate of drug-likeness (QED) is 0.502. The van der Waals surface area contributed by atoms with Crippen LogP contribution in [0.3, 0.4) is 0 Å². The number of nitrogens with zero attached hydrogens (tertiary/aromatic N) is 1. The van der Waals surface area contributed by atoms with Gasteiger partial charge < -0.3 is 10.1 Å². The summed E-state index contributed by atoms with van der Waals surface area (Å²) in [6.45, 7) is 8.30. The number of rotatable bonds is 7. The topological polar surface area (TPSA) is 51.2 Å². The van der Waals surface area contributed by atoms with Crippen LogP contribution in [-0.2, 0) is 6.42 Å². The molecule has 0 aliphatic carbocycles. The summed E-state index contributed by atoms with van der Waals surface area (Å²) in [5, 5.41) is 2.93. The van der Waals surface area contributed by atoms with Crippen LogP contribution in [0.25, 0.3) is 0 Å². The average molecular weight is 389 g/mol. The molecule has 1 amide bonds. The maximum atomic E-state index is 12.6. The molecule has 29 heavy (non-hydrogen) atoms. The Bertz CT molecular complexity index is 978. The van der Waals surface area contributed by atoms with E-state index in [-0.39, 0.29) is 5.91 Å². The van der Waals surface area contributed by atoms with E-state index in [1.54, 1.807) is 0 Å². The minimum absolute atomic E-state index is 0.156. The molecule has 1 N–H and O–H groups in total. The fourth-order valence-electron chi connectivity index (χ4n) is 3.13. The predicted octanol–water partition coefficient (Wildman–Crippen LogP) is 6.51. The highest BCUT2D eigenvalue weighted by Crippen LogP contribution is 2.26. The molecule has 0 aliphatic rings. The number of aryl methyl sites for hydroxylation is 2. The van der Waals surface area contributed by atoms with Crippen LogP contribution in [0.5, 0.6) is 11.5 Å². The zero-order valence-electron chi connectivity index (χ0n) is 17.5. The molecule has 4 nitrogen and oxygen atoms in total. The average Bonchev–Trinajstić information content (AvgIpc) is 2.70. The third-order valence-corrected chi connectivity index (χ3v) is 4.77. The molecule has 150 valence electrons. The number of hydrogen-bond donors (Lipinski definition) is 1. The molecule has 2 aromatic carbocycles. The van der Waals surface area contributed by atoms with Gasteiger partial charge in [0, 0.05) is 11.4 Å². The number of ether oxygens (including phenoxy) is 1. The van der Waals surface area contributed by atoms with Crippen molar-refractivity contribution in [2.24, 2.45) is 0 Å². The Labute approximate surface area is 173 Å². The van der Waals surface area contributed by atoms with Crippen LogP contribution in [0.15, 0.2) is 60.7 Å². The third kappa shape index (κ3) is 5.44. The Hall–Kier alpha value is -3.14. The lowest BCUT2D eigenvalue weighted by molar-refractivity contribution is 0.102. The molecule has 0 unspecified atom stereocenters. The summed E-state index contributed by atoms with van der Waals surface area (Å²) in [4.78, 5) is 17.1. The van der Waals surface area contributed by atoms with Crippen molar-refractivity contribution >= 4 is 11.6 Å². The molecule has 0 fully saturated rings. The molecule has 0 saturated carbocycles. The molecular formula is C25H28N2O2. The van der Waals surface area contributed by atoms with E-state index in [0.717, 1.165) is 41.4 Å². The predicted molar refractivity (Wildman–Crippen MR) is 118 cm³/mol. The minimum Gasteiger partial charge on any atom is -0.457 e. The largest absolute Gasteiger partial charge is 0.457 e. The van der Waals surface area contributed by atoms with E-state index >= 15 is 0 Å². The van der Waals surface area contributed by atoms with Crippen molar-refractivity contribution in [1.29, 1.82) is 0 Å². The molecule has 0 aliphatic heterocycles. The first-order valence-electron chi connectivity index (χ1n) is 10.1. The van der Waals surface area contributed by atoms with Crippen molar-refractivity contribution in [1.82, 2.24) is 4.98 Å². The van der Waals surface area contributed by atoms with E-state index in [1.165, 1.54) is 5.56 Å². The van der Waals surface area contributed by atoms with Crippen molar-refractivity contribution in [3.63, 3.8) is 0 Å². The number of anilines is 1. The molecular weight excluding hydrogens is 360 g/mol. The van der Waals surface area contributed by atoms with Gasteiger partial charge in [-0.3, -0.25) is 9.78 Å². The van der Waals surface area contributed by atoms with Crippen LogP contribution in [0.4, 0.5) is 5.69 Å². The van der Waals surface area contributed by atoms with E-state index in [9.17, 15) is 4.79 Å². The first-order chi connectivity index (χ1) is 14.0. The second-order valence-corrected chi connectivity index (χ2v) is 7.49. The number of nitrogens with one attached hydrogen (secondary N) is 1. The van der Waals surface area contributed by atoms with Crippen molar-refractivity contribution in [2.45, 2.75) is 46.5 Å². The van der Waals surface area contributed by atoms with Gasteiger partial charge in [0.25, 0.3) is 5.91 Å². The maximum absolute atomic E-state index is 12.6. The van der Waals surface area contributed by atoms with Crippen LogP contribution in [0.2, 0.25) is 0 Å². The normalized spacial score (nSPS) is 10.8. The summed E-state index contributed by atoms with van der Waals surface area (Å²) in [7, 11) is 0. The molecule has 1 aromatic heterocycles. The van der Waals surface area contributed by atoms with Gasteiger partial charge in [-0.15, -0.1) is 0 Å². The molecule has 0 radical (unpaired) electrons. The van der Waals surface area contributed by atoms with Gasteiger partial charge in [-0.25, -0.2) is 0 Å². The molecule has 0 spiro atoms. The van der Waals surface area contributed by atoms with Gasteiger partial charge >= 0.3 is 0 Å². The zero-order chi connectivity index (χ0) is 20.8. The monoisotopic (exact) mass is 388 g/mol. The molecule has 0 atom stereocenters. The maximum Gasteiger partial charge on any atom is 0.257 e. The van der Waals surface area contributed by atoms with Gasteiger partial charge in [0.2, 0.25) is 0 Å². The highest BCUT2D eigenvalue weighted by Gasteiger charge is 2.11. The SMILES string of the molecule is CCCc1ccc(C(=O)Nc2ccc(Oc3cccc(C(C)C)c3)cc2)c(C)n1. The lowest BCUT2D eigenvalue weighted by Gasteiger charge is -2.11. The van der Waals surface area contributed by atoms with Gasteiger partial charge in [-0.1, -0.05) is 39.3 Å². The smallest absolute Gasteiger partial charge is 0.257 e. The molecule has 1 heterocycles. The molecule has 0 bridgehead atoms. The van der Waals surface area contributed by atoms with Crippen LogP contribution >= 0.6 is 0 Å². The van der Waals surface area contributed by atoms with E-state index in [0.29, 0.717) is 11.5 Å². The first-order valence-corrected chi connectivity index (χ1v) is 10.1. The number of amides is 1. The Kier molecular flexibility index (Phi) is 6.65.